The molecule has 2 aromatic carbocycles. The summed E-state index contributed by atoms with van der Waals surface area (Å²) in [4.78, 5) is 7.02. The summed E-state index contributed by atoms with van der Waals surface area (Å²) in [5.41, 5.74) is 2.64. The van der Waals surface area contributed by atoms with E-state index in [9.17, 15) is 4.39 Å². The molecule has 4 aromatic rings. The molecular formula is C19H14ClFN2S. The molecule has 120 valence electrons. The molecule has 2 aromatic heterocycles. The Hall–Kier alpha value is -2.17. The molecule has 0 radical (unpaired) electrons. The second kappa shape index (κ2) is 6.04. The van der Waals surface area contributed by atoms with Crippen molar-refractivity contribution >= 4 is 34.0 Å². The van der Waals surface area contributed by atoms with Gasteiger partial charge in [0.05, 0.1) is 15.9 Å². The lowest BCUT2D eigenvalue weighted by Gasteiger charge is -2.09. The van der Waals surface area contributed by atoms with Crippen molar-refractivity contribution in [3.8, 4) is 10.7 Å². The van der Waals surface area contributed by atoms with Crippen molar-refractivity contribution in [3.05, 3.63) is 75.9 Å². The van der Waals surface area contributed by atoms with Crippen LogP contribution in [0.3, 0.4) is 0 Å². The first kappa shape index (κ1) is 15.4. The smallest absolute Gasteiger partial charge is 0.151 e. The van der Waals surface area contributed by atoms with Crippen molar-refractivity contribution in [2.75, 3.05) is 0 Å². The van der Waals surface area contributed by atoms with Crippen LogP contribution in [0, 0.1) is 12.7 Å². The number of halogens is 2. The predicted octanol–water partition coefficient (Wildman–Crippen LogP) is 5.91. The van der Waals surface area contributed by atoms with Crippen LogP contribution in [0.2, 0.25) is 5.02 Å². The molecular weight excluding hydrogens is 343 g/mol. The maximum Gasteiger partial charge on any atom is 0.151 e. The van der Waals surface area contributed by atoms with Crippen molar-refractivity contribution in [3.63, 3.8) is 0 Å². The second-order valence-electron chi connectivity index (χ2n) is 5.69. The summed E-state index contributed by atoms with van der Waals surface area (Å²) in [5, 5.41) is 0.691. The topological polar surface area (TPSA) is 17.8 Å². The van der Waals surface area contributed by atoms with Gasteiger partial charge >= 0.3 is 0 Å². The fraction of sp³-hybridized carbons (Fsp3) is 0.105. The molecule has 0 aliphatic heterocycles. The molecule has 0 fully saturated rings. The fourth-order valence-electron chi connectivity index (χ4n) is 2.82. The molecule has 24 heavy (non-hydrogen) atoms. The Balaban J connectivity index is 1.91. The van der Waals surface area contributed by atoms with Crippen molar-refractivity contribution in [2.45, 2.75) is 13.5 Å². The largest absolute Gasteiger partial charge is 0.319 e. The first-order chi connectivity index (χ1) is 11.6. The number of aryl methyl sites for hydroxylation is 1. The molecule has 4 rings (SSSR count). The third-order valence-corrected chi connectivity index (χ3v) is 5.13. The van der Waals surface area contributed by atoms with Gasteiger partial charge in [0.1, 0.15) is 5.82 Å². The Bertz CT molecular complexity index is 1030. The van der Waals surface area contributed by atoms with E-state index < -0.39 is 0 Å². The molecule has 0 atom stereocenters. The van der Waals surface area contributed by atoms with Crippen LogP contribution in [-0.2, 0) is 6.54 Å². The average Bonchev–Trinajstić information content (AvgIpc) is 3.12. The first-order valence-corrected chi connectivity index (χ1v) is 8.76. The van der Waals surface area contributed by atoms with Gasteiger partial charge in [-0.3, -0.25) is 0 Å². The normalized spacial score (nSPS) is 11.3. The molecule has 0 spiro atoms. The standard InChI is InChI=1S/C19H14ClFN2S/c1-12-5-8-18(24-12)19-22-16-7-6-15(21)10-17(16)23(19)11-13-3-2-4-14(20)9-13/h2-10H,11H2,1H3. The summed E-state index contributed by atoms with van der Waals surface area (Å²) in [7, 11) is 0. The predicted molar refractivity (Wildman–Crippen MR) is 98.3 cm³/mol. The highest BCUT2D eigenvalue weighted by atomic mass is 35.5. The summed E-state index contributed by atoms with van der Waals surface area (Å²) in [6.45, 7) is 2.66. The molecule has 0 saturated heterocycles. The third-order valence-electron chi connectivity index (χ3n) is 3.90. The van der Waals surface area contributed by atoms with Gasteiger partial charge in [-0.1, -0.05) is 23.7 Å². The zero-order valence-electron chi connectivity index (χ0n) is 13.0. The summed E-state index contributed by atoms with van der Waals surface area (Å²) in [5.74, 6) is 0.595. The fourth-order valence-corrected chi connectivity index (χ4v) is 3.90. The van der Waals surface area contributed by atoms with Crippen LogP contribution < -0.4 is 0 Å². The molecule has 5 heteroatoms. The van der Waals surface area contributed by atoms with Crippen molar-refractivity contribution in [1.82, 2.24) is 9.55 Å². The summed E-state index contributed by atoms with van der Waals surface area (Å²) in [6, 6.07) is 16.6. The Morgan fingerprint density at radius 2 is 2.00 bits per heavy atom. The Morgan fingerprint density at radius 3 is 2.75 bits per heavy atom. The minimum absolute atomic E-state index is 0.261. The number of thiophene rings is 1. The number of fused-ring (bicyclic) bond motifs is 1. The highest BCUT2D eigenvalue weighted by Gasteiger charge is 2.15. The molecule has 2 heterocycles. The number of hydrogen-bond acceptors (Lipinski definition) is 2. The molecule has 2 nitrogen and oxygen atoms in total. The highest BCUT2D eigenvalue weighted by molar-refractivity contribution is 7.15. The van der Waals surface area contributed by atoms with Crippen molar-refractivity contribution in [1.29, 1.82) is 0 Å². The van der Waals surface area contributed by atoms with E-state index in [2.05, 4.69) is 23.6 Å². The third kappa shape index (κ3) is 2.83. The van der Waals surface area contributed by atoms with Crippen LogP contribution in [0.5, 0.6) is 0 Å². The maximum atomic E-state index is 13.8. The van der Waals surface area contributed by atoms with Crippen LogP contribution in [0.25, 0.3) is 21.7 Å². The van der Waals surface area contributed by atoms with Crippen LogP contribution >= 0.6 is 22.9 Å². The van der Waals surface area contributed by atoms with Crippen LogP contribution in [0.4, 0.5) is 4.39 Å². The lowest BCUT2D eigenvalue weighted by Crippen LogP contribution is -2.01. The zero-order chi connectivity index (χ0) is 16.7. The number of nitrogens with zero attached hydrogens (tertiary/aromatic N) is 2. The highest BCUT2D eigenvalue weighted by Crippen LogP contribution is 2.31. The molecule has 0 aliphatic rings. The van der Waals surface area contributed by atoms with Crippen molar-refractivity contribution < 1.29 is 4.39 Å². The number of rotatable bonds is 3. The molecule has 0 amide bonds. The van der Waals surface area contributed by atoms with E-state index in [0.29, 0.717) is 11.6 Å². The SMILES string of the molecule is Cc1ccc(-c2nc3ccc(F)cc3n2Cc2cccc(Cl)c2)s1. The minimum atomic E-state index is -0.261. The Labute approximate surface area is 148 Å². The average molecular weight is 357 g/mol. The quantitative estimate of drug-likeness (QED) is 0.446. The number of benzene rings is 2. The minimum Gasteiger partial charge on any atom is -0.319 e. The monoisotopic (exact) mass is 356 g/mol. The van der Waals surface area contributed by atoms with E-state index in [4.69, 9.17) is 16.6 Å². The van der Waals surface area contributed by atoms with Gasteiger partial charge in [-0.15, -0.1) is 11.3 Å². The van der Waals surface area contributed by atoms with Crippen LogP contribution in [0.15, 0.2) is 54.6 Å². The van der Waals surface area contributed by atoms with E-state index in [1.165, 1.54) is 17.0 Å². The van der Waals surface area contributed by atoms with E-state index in [-0.39, 0.29) is 5.82 Å². The molecule has 0 N–H and O–H groups in total. The van der Waals surface area contributed by atoms with Gasteiger partial charge in [0.15, 0.2) is 5.82 Å². The van der Waals surface area contributed by atoms with E-state index >= 15 is 0 Å². The second-order valence-corrected chi connectivity index (χ2v) is 7.42. The summed E-state index contributed by atoms with van der Waals surface area (Å²) < 4.78 is 15.8. The van der Waals surface area contributed by atoms with Crippen LogP contribution in [-0.4, -0.2) is 9.55 Å². The van der Waals surface area contributed by atoms with E-state index in [1.54, 1.807) is 17.4 Å². The van der Waals surface area contributed by atoms with Gasteiger partial charge in [0, 0.05) is 16.4 Å². The van der Waals surface area contributed by atoms with Crippen molar-refractivity contribution in [2.24, 2.45) is 0 Å². The van der Waals surface area contributed by atoms with Gasteiger partial charge < -0.3 is 4.57 Å². The summed E-state index contributed by atoms with van der Waals surface area (Å²) >= 11 is 7.79. The summed E-state index contributed by atoms with van der Waals surface area (Å²) in [6.07, 6.45) is 0. The Kier molecular flexibility index (Phi) is 3.87. The zero-order valence-corrected chi connectivity index (χ0v) is 14.5. The van der Waals surface area contributed by atoms with Gasteiger partial charge in [-0.25, -0.2) is 9.37 Å². The van der Waals surface area contributed by atoms with E-state index in [0.717, 1.165) is 27.3 Å². The first-order valence-electron chi connectivity index (χ1n) is 7.57. The van der Waals surface area contributed by atoms with Gasteiger partial charge in [-0.05, 0) is 55.0 Å². The van der Waals surface area contributed by atoms with E-state index in [1.807, 2.05) is 24.3 Å². The lowest BCUT2D eigenvalue weighted by molar-refractivity contribution is 0.628. The number of hydrogen-bond donors (Lipinski definition) is 0. The molecule has 0 bridgehead atoms. The number of aromatic nitrogens is 2. The van der Waals surface area contributed by atoms with Gasteiger partial charge in [0.2, 0.25) is 0 Å². The Morgan fingerprint density at radius 1 is 1.12 bits per heavy atom. The van der Waals surface area contributed by atoms with Crippen LogP contribution in [0.1, 0.15) is 10.4 Å². The molecule has 0 aliphatic carbocycles. The molecule has 0 saturated carbocycles. The van der Waals surface area contributed by atoms with Gasteiger partial charge in [0.25, 0.3) is 0 Å². The number of imidazole rings is 1. The van der Waals surface area contributed by atoms with Gasteiger partial charge in [-0.2, -0.15) is 0 Å². The lowest BCUT2D eigenvalue weighted by atomic mass is 10.2. The maximum absolute atomic E-state index is 13.8. The molecule has 0 unspecified atom stereocenters.